The fourth-order valence-electron chi connectivity index (χ4n) is 3.76. The maximum absolute atomic E-state index is 11.8. The Hall–Kier alpha value is -3.65. The summed E-state index contributed by atoms with van der Waals surface area (Å²) in [5.41, 5.74) is 1.94. The molecule has 0 aliphatic carbocycles. The number of hydrogen-bond acceptors (Lipinski definition) is 6. The molecule has 37 heavy (non-hydrogen) atoms. The number of aliphatic hydroxyl groups excluding tert-OH is 1. The molecular formula is C29H38N2O6. The van der Waals surface area contributed by atoms with Gasteiger partial charge in [0.2, 0.25) is 0 Å². The zero-order valence-electron chi connectivity index (χ0n) is 20.5. The van der Waals surface area contributed by atoms with Crippen LogP contribution in [0.25, 0.3) is 0 Å². The molecule has 2 aliphatic rings. The fourth-order valence-corrected chi connectivity index (χ4v) is 3.76. The van der Waals surface area contributed by atoms with E-state index in [9.17, 15) is 19.5 Å². The van der Waals surface area contributed by atoms with Crippen molar-refractivity contribution in [3.63, 3.8) is 0 Å². The van der Waals surface area contributed by atoms with Gasteiger partial charge in [-0.2, -0.15) is 0 Å². The molecule has 200 valence electrons. The van der Waals surface area contributed by atoms with E-state index in [2.05, 4.69) is 12.2 Å². The molecule has 1 N–H and O–H groups in total. The highest BCUT2D eigenvalue weighted by molar-refractivity contribution is 5.84. The van der Waals surface area contributed by atoms with Gasteiger partial charge in [0, 0.05) is 32.6 Å². The van der Waals surface area contributed by atoms with E-state index >= 15 is 0 Å². The predicted molar refractivity (Wildman–Crippen MR) is 142 cm³/mol. The zero-order valence-corrected chi connectivity index (χ0v) is 20.5. The molecule has 1 atom stereocenters. The van der Waals surface area contributed by atoms with Crippen LogP contribution in [-0.4, -0.2) is 65.2 Å². The molecule has 2 aromatic carbocycles. The largest absolute Gasteiger partial charge is 0.445 e. The highest BCUT2D eigenvalue weighted by Gasteiger charge is 2.25. The van der Waals surface area contributed by atoms with Gasteiger partial charge in [-0.15, -0.1) is 0 Å². The SMILES string of the molecule is C.O=C(OCc1ccccc1)N1CCC=CCC1.O=C1CCN(C(=O)OCc2ccccc2)CCC1O. The van der Waals surface area contributed by atoms with E-state index in [0.29, 0.717) is 19.7 Å². The minimum atomic E-state index is -0.952. The van der Waals surface area contributed by atoms with E-state index in [1.807, 2.05) is 60.7 Å². The molecule has 0 spiro atoms. The van der Waals surface area contributed by atoms with E-state index in [-0.39, 0.29) is 38.8 Å². The molecule has 4 rings (SSSR count). The van der Waals surface area contributed by atoms with Gasteiger partial charge in [0.1, 0.15) is 19.3 Å². The third-order valence-corrected chi connectivity index (χ3v) is 5.90. The number of benzene rings is 2. The first-order chi connectivity index (χ1) is 17.5. The number of ether oxygens (including phenoxy) is 2. The van der Waals surface area contributed by atoms with Crippen LogP contribution < -0.4 is 0 Å². The lowest BCUT2D eigenvalue weighted by molar-refractivity contribution is -0.126. The van der Waals surface area contributed by atoms with Crippen LogP contribution in [0.2, 0.25) is 0 Å². The number of nitrogens with zero attached hydrogens (tertiary/aromatic N) is 2. The van der Waals surface area contributed by atoms with E-state index in [1.165, 1.54) is 4.90 Å². The zero-order chi connectivity index (χ0) is 25.6. The van der Waals surface area contributed by atoms with Gasteiger partial charge < -0.3 is 24.4 Å². The second kappa shape index (κ2) is 16.2. The molecule has 8 nitrogen and oxygen atoms in total. The van der Waals surface area contributed by atoms with Crippen molar-refractivity contribution in [2.75, 3.05) is 26.2 Å². The number of rotatable bonds is 4. The standard InChI is InChI=1S/C14H17NO4.C14H17NO2.CH4/c16-12-6-8-15(9-7-13(12)17)14(18)19-10-11-4-2-1-3-5-11;16-14(15-10-6-1-2-7-11-15)17-12-13-8-4-3-5-9-13;/h1-5,12,16H,6-10H2;1-5,8-9H,6-7,10-12H2;1H4. The van der Waals surface area contributed by atoms with E-state index in [1.54, 1.807) is 4.90 Å². The van der Waals surface area contributed by atoms with Crippen LogP contribution in [0.4, 0.5) is 9.59 Å². The normalized spacial score (nSPS) is 17.3. The molecule has 0 saturated carbocycles. The number of ketones is 1. The maximum atomic E-state index is 11.8. The molecule has 1 fully saturated rings. The van der Waals surface area contributed by atoms with E-state index < -0.39 is 12.2 Å². The smallest absolute Gasteiger partial charge is 0.410 e. The summed E-state index contributed by atoms with van der Waals surface area (Å²) >= 11 is 0. The van der Waals surface area contributed by atoms with Gasteiger partial charge in [0.15, 0.2) is 5.78 Å². The topological polar surface area (TPSA) is 96.4 Å². The molecule has 2 aliphatic heterocycles. The van der Waals surface area contributed by atoms with Crippen LogP contribution in [0.1, 0.15) is 44.2 Å². The maximum Gasteiger partial charge on any atom is 0.410 e. The number of likely N-dealkylation sites (tertiary alicyclic amines) is 1. The monoisotopic (exact) mass is 510 g/mol. The summed E-state index contributed by atoms with van der Waals surface area (Å²) in [6, 6.07) is 19.2. The fraction of sp³-hybridized carbons (Fsp3) is 0.414. The molecule has 2 heterocycles. The Labute approximate surface area is 219 Å². The van der Waals surface area contributed by atoms with Gasteiger partial charge in [-0.3, -0.25) is 4.79 Å². The van der Waals surface area contributed by atoms with Crippen molar-refractivity contribution in [3.05, 3.63) is 83.9 Å². The first-order valence-electron chi connectivity index (χ1n) is 12.3. The Morgan fingerprint density at radius 2 is 1.22 bits per heavy atom. The second-order valence-corrected chi connectivity index (χ2v) is 8.62. The number of carbonyl (C=O) groups is 3. The van der Waals surface area contributed by atoms with Gasteiger partial charge in [0.05, 0.1) is 0 Å². The molecule has 0 radical (unpaired) electrons. The van der Waals surface area contributed by atoms with Crippen LogP contribution >= 0.6 is 0 Å². The third kappa shape index (κ3) is 10.5. The van der Waals surface area contributed by atoms with Crippen LogP contribution in [0.3, 0.4) is 0 Å². The second-order valence-electron chi connectivity index (χ2n) is 8.62. The molecule has 0 aromatic heterocycles. The Morgan fingerprint density at radius 1 is 0.757 bits per heavy atom. The van der Waals surface area contributed by atoms with Crippen molar-refractivity contribution < 1.29 is 29.0 Å². The summed E-state index contributed by atoms with van der Waals surface area (Å²) < 4.78 is 10.5. The van der Waals surface area contributed by atoms with Crippen molar-refractivity contribution in [2.24, 2.45) is 0 Å². The highest BCUT2D eigenvalue weighted by atomic mass is 16.6. The number of hydrogen-bond donors (Lipinski definition) is 1. The Balaban J connectivity index is 0.000000255. The number of carbonyl (C=O) groups excluding carboxylic acids is 3. The summed E-state index contributed by atoms with van der Waals surface area (Å²) in [7, 11) is 0. The minimum Gasteiger partial charge on any atom is -0.445 e. The molecular weight excluding hydrogens is 472 g/mol. The molecule has 2 amide bonds. The molecule has 8 heteroatoms. The van der Waals surface area contributed by atoms with Gasteiger partial charge in [-0.1, -0.05) is 80.2 Å². The van der Waals surface area contributed by atoms with Gasteiger partial charge in [-0.05, 0) is 30.4 Å². The number of Topliss-reactive ketones (excluding diaryl/α,β-unsaturated/α-hetero) is 1. The van der Waals surface area contributed by atoms with E-state index in [4.69, 9.17) is 9.47 Å². The highest BCUT2D eigenvalue weighted by Crippen LogP contribution is 2.11. The summed E-state index contributed by atoms with van der Waals surface area (Å²) in [6.45, 7) is 2.73. The van der Waals surface area contributed by atoms with Crippen LogP contribution in [0, 0.1) is 0 Å². The summed E-state index contributed by atoms with van der Waals surface area (Å²) in [4.78, 5) is 38.2. The molecule has 2 aromatic rings. The average molecular weight is 511 g/mol. The first kappa shape index (κ1) is 29.6. The lowest BCUT2D eigenvalue weighted by atomic mass is 10.1. The average Bonchev–Trinajstić information content (AvgIpc) is 3.29. The Kier molecular flexibility index (Phi) is 12.9. The quantitative estimate of drug-likeness (QED) is 0.584. The summed E-state index contributed by atoms with van der Waals surface area (Å²) in [5, 5.41) is 9.44. The van der Waals surface area contributed by atoms with Gasteiger partial charge in [0.25, 0.3) is 0 Å². The van der Waals surface area contributed by atoms with Crippen LogP contribution in [-0.2, 0) is 27.5 Å². The van der Waals surface area contributed by atoms with Crippen molar-refractivity contribution in [2.45, 2.75) is 52.4 Å². The third-order valence-electron chi connectivity index (χ3n) is 5.90. The Bertz CT molecular complexity index is 986. The van der Waals surface area contributed by atoms with Crippen molar-refractivity contribution in [1.29, 1.82) is 0 Å². The van der Waals surface area contributed by atoms with Crippen molar-refractivity contribution >= 4 is 18.0 Å². The lowest BCUT2D eigenvalue weighted by Gasteiger charge is -2.19. The van der Waals surface area contributed by atoms with Crippen molar-refractivity contribution in [1.82, 2.24) is 9.80 Å². The summed E-state index contributed by atoms with van der Waals surface area (Å²) in [6.07, 6.45) is 4.92. The molecule has 1 saturated heterocycles. The molecule has 1 unspecified atom stereocenters. The Morgan fingerprint density at radius 3 is 1.70 bits per heavy atom. The van der Waals surface area contributed by atoms with Crippen molar-refractivity contribution in [3.8, 4) is 0 Å². The van der Waals surface area contributed by atoms with Crippen LogP contribution in [0.5, 0.6) is 0 Å². The number of aliphatic hydroxyl groups is 1. The molecule has 0 bridgehead atoms. The van der Waals surface area contributed by atoms with E-state index in [0.717, 1.165) is 37.1 Å². The number of amides is 2. The van der Waals surface area contributed by atoms with Gasteiger partial charge in [-0.25, -0.2) is 9.59 Å². The summed E-state index contributed by atoms with van der Waals surface area (Å²) in [5.74, 6) is -0.210. The lowest BCUT2D eigenvalue weighted by Crippen LogP contribution is -2.32. The minimum absolute atomic E-state index is 0. The predicted octanol–water partition coefficient (Wildman–Crippen LogP) is 4.96. The van der Waals surface area contributed by atoms with Crippen LogP contribution in [0.15, 0.2) is 72.8 Å². The first-order valence-corrected chi connectivity index (χ1v) is 12.3. The van der Waals surface area contributed by atoms with Gasteiger partial charge >= 0.3 is 12.2 Å².